The van der Waals surface area contributed by atoms with E-state index in [0.717, 1.165) is 5.56 Å². The fourth-order valence-corrected chi connectivity index (χ4v) is 3.35. The lowest BCUT2D eigenvalue weighted by atomic mass is 10.0. The molecule has 29 heavy (non-hydrogen) atoms. The molecule has 0 aromatic heterocycles. The van der Waals surface area contributed by atoms with Crippen LogP contribution in [0.3, 0.4) is 0 Å². The van der Waals surface area contributed by atoms with E-state index in [1.54, 1.807) is 11.0 Å². The molecule has 1 aliphatic heterocycles. The van der Waals surface area contributed by atoms with E-state index in [1.165, 1.54) is 17.0 Å². The van der Waals surface area contributed by atoms with Crippen molar-refractivity contribution in [3.8, 4) is 0 Å². The molecule has 1 amide bonds. The minimum atomic E-state index is -4.45. The van der Waals surface area contributed by atoms with Gasteiger partial charge in [0.1, 0.15) is 6.61 Å². The summed E-state index contributed by atoms with van der Waals surface area (Å²) < 4.78 is 45.9. The molecule has 0 bridgehead atoms. The van der Waals surface area contributed by atoms with Gasteiger partial charge in [-0.2, -0.15) is 13.2 Å². The summed E-state index contributed by atoms with van der Waals surface area (Å²) in [7, 11) is 0. The highest BCUT2D eigenvalue weighted by Crippen LogP contribution is 2.37. The lowest BCUT2D eigenvalue weighted by molar-refractivity contribution is -0.137. The fraction of sp³-hybridized carbons (Fsp3) is 0.381. The highest BCUT2D eigenvalue weighted by molar-refractivity contribution is 5.68. The lowest BCUT2D eigenvalue weighted by Crippen LogP contribution is -2.49. The van der Waals surface area contributed by atoms with Crippen molar-refractivity contribution in [2.75, 3.05) is 37.6 Å². The summed E-state index contributed by atoms with van der Waals surface area (Å²) in [4.78, 5) is 15.4. The molecule has 3 rings (SSSR count). The number of ether oxygens (including phenoxy) is 1. The number of benzene rings is 2. The Kier molecular flexibility index (Phi) is 6.64. The summed E-state index contributed by atoms with van der Waals surface area (Å²) >= 11 is 0. The maximum Gasteiger partial charge on any atom is 0.418 e. The Hall–Kier alpha value is -2.74. The largest absolute Gasteiger partial charge is 0.445 e. The van der Waals surface area contributed by atoms with Gasteiger partial charge < -0.3 is 20.3 Å². The van der Waals surface area contributed by atoms with Crippen molar-refractivity contribution in [2.45, 2.75) is 19.2 Å². The minimum absolute atomic E-state index is 0.135. The van der Waals surface area contributed by atoms with Gasteiger partial charge in [-0.1, -0.05) is 36.4 Å². The SMILES string of the molecule is NCCc1ccc(N2CCN(C(=O)OCc3ccccc3)CC2)c(C(F)(F)F)c1. The molecule has 1 aliphatic rings. The molecular weight excluding hydrogens is 383 g/mol. The number of hydrogen-bond donors (Lipinski definition) is 1. The fourth-order valence-electron chi connectivity index (χ4n) is 3.35. The standard InChI is InChI=1S/C21H24F3N3O2/c22-21(23,24)18-14-16(8-9-25)6-7-19(18)26-10-12-27(13-11-26)20(28)29-15-17-4-2-1-3-5-17/h1-7,14H,8-13,15,25H2. The number of alkyl halides is 3. The molecule has 1 saturated heterocycles. The van der Waals surface area contributed by atoms with E-state index in [-0.39, 0.29) is 12.3 Å². The van der Waals surface area contributed by atoms with Crippen molar-refractivity contribution in [3.63, 3.8) is 0 Å². The second-order valence-electron chi connectivity index (χ2n) is 6.90. The first-order valence-corrected chi connectivity index (χ1v) is 9.49. The number of halogens is 3. The average Bonchev–Trinajstić information content (AvgIpc) is 2.72. The number of carbonyl (C=O) groups is 1. The minimum Gasteiger partial charge on any atom is -0.445 e. The van der Waals surface area contributed by atoms with Gasteiger partial charge in [-0.25, -0.2) is 4.79 Å². The Morgan fingerprint density at radius 1 is 1.00 bits per heavy atom. The van der Waals surface area contributed by atoms with Crippen LogP contribution in [0.15, 0.2) is 48.5 Å². The van der Waals surface area contributed by atoms with Crippen LogP contribution < -0.4 is 10.6 Å². The van der Waals surface area contributed by atoms with Gasteiger partial charge in [0, 0.05) is 31.9 Å². The maximum absolute atomic E-state index is 13.5. The molecule has 0 unspecified atom stereocenters. The third kappa shape index (κ3) is 5.41. The molecular formula is C21H24F3N3O2. The molecule has 0 spiro atoms. The number of anilines is 1. The van der Waals surface area contributed by atoms with Crippen LogP contribution >= 0.6 is 0 Å². The van der Waals surface area contributed by atoms with Gasteiger partial charge in [0.2, 0.25) is 0 Å². The Bertz CT molecular complexity index is 820. The lowest BCUT2D eigenvalue weighted by Gasteiger charge is -2.36. The molecule has 1 heterocycles. The highest BCUT2D eigenvalue weighted by atomic mass is 19.4. The summed E-state index contributed by atoms with van der Waals surface area (Å²) in [5.74, 6) is 0. The van der Waals surface area contributed by atoms with E-state index in [2.05, 4.69) is 0 Å². The normalized spacial score (nSPS) is 14.8. The summed E-state index contributed by atoms with van der Waals surface area (Å²) in [6.07, 6.45) is -4.52. The van der Waals surface area contributed by atoms with E-state index < -0.39 is 17.8 Å². The molecule has 0 atom stereocenters. The van der Waals surface area contributed by atoms with Gasteiger partial charge in [0.25, 0.3) is 0 Å². The second kappa shape index (κ2) is 9.17. The van der Waals surface area contributed by atoms with Crippen LogP contribution in [0.4, 0.5) is 23.7 Å². The molecule has 2 N–H and O–H groups in total. The van der Waals surface area contributed by atoms with Crippen molar-refractivity contribution >= 4 is 11.8 Å². The third-order valence-electron chi connectivity index (χ3n) is 4.88. The quantitative estimate of drug-likeness (QED) is 0.822. The zero-order chi connectivity index (χ0) is 20.9. The van der Waals surface area contributed by atoms with Crippen LogP contribution in [0.1, 0.15) is 16.7 Å². The molecule has 0 aliphatic carbocycles. The van der Waals surface area contributed by atoms with Crippen LogP contribution in [0.25, 0.3) is 0 Å². The van der Waals surface area contributed by atoms with Gasteiger partial charge in [0.05, 0.1) is 5.56 Å². The first-order valence-electron chi connectivity index (χ1n) is 9.49. The van der Waals surface area contributed by atoms with Crippen molar-refractivity contribution in [1.82, 2.24) is 4.90 Å². The summed E-state index contributed by atoms with van der Waals surface area (Å²) in [6, 6.07) is 13.7. The number of hydrogen-bond acceptors (Lipinski definition) is 4. The zero-order valence-corrected chi connectivity index (χ0v) is 16.0. The molecule has 2 aromatic rings. The van der Waals surface area contributed by atoms with Crippen LogP contribution in [0.5, 0.6) is 0 Å². The van der Waals surface area contributed by atoms with Gasteiger partial charge >= 0.3 is 12.3 Å². The summed E-state index contributed by atoms with van der Waals surface area (Å²) in [6.45, 7) is 1.67. The molecule has 2 aromatic carbocycles. The Morgan fingerprint density at radius 3 is 2.31 bits per heavy atom. The first-order chi connectivity index (χ1) is 13.9. The van der Waals surface area contributed by atoms with E-state index >= 15 is 0 Å². The van der Waals surface area contributed by atoms with Crippen LogP contribution in [0.2, 0.25) is 0 Å². The van der Waals surface area contributed by atoms with Crippen molar-refractivity contribution in [3.05, 3.63) is 65.2 Å². The van der Waals surface area contributed by atoms with Gasteiger partial charge in [-0.05, 0) is 36.2 Å². The summed E-state index contributed by atoms with van der Waals surface area (Å²) in [5.41, 5.74) is 6.38. The number of rotatable bonds is 5. The Labute approximate surface area is 167 Å². The number of carbonyl (C=O) groups excluding carboxylic acids is 1. The van der Waals surface area contributed by atoms with Crippen molar-refractivity contribution in [2.24, 2.45) is 5.73 Å². The number of piperazine rings is 1. The summed E-state index contributed by atoms with van der Waals surface area (Å²) in [5, 5.41) is 0. The van der Waals surface area contributed by atoms with Gasteiger partial charge in [-0.15, -0.1) is 0 Å². The van der Waals surface area contributed by atoms with Crippen LogP contribution in [0, 0.1) is 0 Å². The van der Waals surface area contributed by atoms with Crippen LogP contribution in [-0.2, 0) is 23.9 Å². The van der Waals surface area contributed by atoms with Crippen molar-refractivity contribution in [1.29, 1.82) is 0 Å². The number of nitrogens with zero attached hydrogens (tertiary/aromatic N) is 2. The molecule has 0 saturated carbocycles. The smallest absolute Gasteiger partial charge is 0.418 e. The van der Waals surface area contributed by atoms with E-state index in [4.69, 9.17) is 10.5 Å². The Balaban J connectivity index is 1.62. The molecule has 1 fully saturated rings. The molecule has 156 valence electrons. The third-order valence-corrected chi connectivity index (χ3v) is 4.88. The van der Waals surface area contributed by atoms with E-state index in [1.807, 2.05) is 30.3 Å². The predicted octanol–water partition coefficient (Wildman–Crippen LogP) is 3.67. The van der Waals surface area contributed by atoms with Crippen LogP contribution in [-0.4, -0.2) is 43.7 Å². The Morgan fingerprint density at radius 2 is 1.69 bits per heavy atom. The zero-order valence-electron chi connectivity index (χ0n) is 16.0. The van der Waals surface area contributed by atoms with Gasteiger partial charge in [-0.3, -0.25) is 0 Å². The maximum atomic E-state index is 13.5. The average molecular weight is 407 g/mol. The van der Waals surface area contributed by atoms with E-state index in [9.17, 15) is 18.0 Å². The molecule has 0 radical (unpaired) electrons. The van der Waals surface area contributed by atoms with Crippen molar-refractivity contribution < 1.29 is 22.7 Å². The molecule has 5 nitrogen and oxygen atoms in total. The number of amides is 1. The predicted molar refractivity (Wildman–Crippen MR) is 105 cm³/mol. The molecule has 8 heteroatoms. The second-order valence-corrected chi connectivity index (χ2v) is 6.90. The topological polar surface area (TPSA) is 58.8 Å². The van der Waals surface area contributed by atoms with Gasteiger partial charge in [0.15, 0.2) is 0 Å². The monoisotopic (exact) mass is 407 g/mol. The highest BCUT2D eigenvalue weighted by Gasteiger charge is 2.36. The first kappa shape index (κ1) is 21.0. The van der Waals surface area contributed by atoms with E-state index in [0.29, 0.717) is 44.7 Å². The number of nitrogens with two attached hydrogens (primary N) is 1.